The van der Waals surface area contributed by atoms with Crippen LogP contribution in [-0.2, 0) is 0 Å². The van der Waals surface area contributed by atoms with Gasteiger partial charge in [0.05, 0.1) is 11.2 Å². The van der Waals surface area contributed by atoms with Crippen LogP contribution in [0, 0.1) is 45.1 Å². The molecule has 0 saturated heterocycles. The maximum atomic E-state index is 15.2. The third-order valence-electron chi connectivity index (χ3n) is 7.27. The number of nitrogens with one attached hydrogen (secondary N) is 3. The van der Waals surface area contributed by atoms with Crippen molar-refractivity contribution in [2.45, 2.75) is 27.7 Å². The Hall–Kier alpha value is -5.45. The van der Waals surface area contributed by atoms with E-state index in [1.807, 2.05) is 0 Å². The summed E-state index contributed by atoms with van der Waals surface area (Å²) in [5, 5.41) is 5.31. The normalized spacial score (nSPS) is 11.0. The van der Waals surface area contributed by atoms with Crippen molar-refractivity contribution < 1.29 is 27.5 Å². The summed E-state index contributed by atoms with van der Waals surface area (Å²) in [5.74, 6) is -4.02. The maximum Gasteiger partial charge on any atom is 0.261 e. The van der Waals surface area contributed by atoms with Crippen molar-refractivity contribution in [1.82, 2.24) is 15.3 Å². The topological polar surface area (TPSA) is 113 Å². The van der Waals surface area contributed by atoms with E-state index < -0.39 is 40.2 Å². The first-order valence-electron chi connectivity index (χ1n) is 13.5. The fraction of sp³-hybridized carbons (Fsp3) is 0.152. The van der Waals surface area contributed by atoms with Crippen LogP contribution in [0.15, 0.2) is 59.5 Å². The number of ether oxygens (including phenoxy) is 1. The predicted octanol–water partition coefficient (Wildman–Crippen LogP) is 6.65. The lowest BCUT2D eigenvalue weighted by atomic mass is 9.96. The van der Waals surface area contributed by atoms with Crippen molar-refractivity contribution in [3.05, 3.63) is 116 Å². The number of amides is 2. The summed E-state index contributed by atoms with van der Waals surface area (Å²) in [4.78, 5) is 46.2. The number of carbonyl (C=O) groups excluding carboxylic acids is 2. The highest BCUT2D eigenvalue weighted by Crippen LogP contribution is 2.34. The molecule has 0 aliphatic carbocycles. The molecule has 2 heterocycles. The van der Waals surface area contributed by atoms with E-state index in [-0.39, 0.29) is 28.5 Å². The molecule has 0 bridgehead atoms. The molecule has 0 radical (unpaired) electrons. The highest BCUT2D eigenvalue weighted by atomic mass is 19.1. The van der Waals surface area contributed by atoms with Crippen LogP contribution in [0.3, 0.4) is 0 Å². The number of hydrogen-bond donors (Lipinski definition) is 3. The van der Waals surface area contributed by atoms with E-state index in [9.17, 15) is 18.8 Å². The van der Waals surface area contributed by atoms with E-state index >= 15 is 8.78 Å². The number of halogens is 3. The molecule has 5 rings (SSSR count). The van der Waals surface area contributed by atoms with E-state index in [4.69, 9.17) is 4.74 Å². The van der Waals surface area contributed by atoms with Crippen LogP contribution in [0.4, 0.5) is 18.9 Å². The number of hydrogen-bond acceptors (Lipinski definition) is 5. The third kappa shape index (κ3) is 5.51. The number of aromatic amines is 1. The van der Waals surface area contributed by atoms with Gasteiger partial charge in [0.2, 0.25) is 5.43 Å². The van der Waals surface area contributed by atoms with Crippen LogP contribution in [0.2, 0.25) is 0 Å². The van der Waals surface area contributed by atoms with E-state index in [0.29, 0.717) is 38.9 Å². The first-order chi connectivity index (χ1) is 20.9. The average Bonchev–Trinajstić information content (AvgIpc) is 2.96. The zero-order chi connectivity index (χ0) is 31.9. The second-order valence-corrected chi connectivity index (χ2v) is 10.3. The van der Waals surface area contributed by atoms with Gasteiger partial charge in [-0.1, -0.05) is 6.07 Å². The molecular weight excluding hydrogens is 573 g/mol. The molecule has 11 heteroatoms. The van der Waals surface area contributed by atoms with Crippen LogP contribution >= 0.6 is 0 Å². The Balaban J connectivity index is 1.46. The van der Waals surface area contributed by atoms with E-state index in [0.717, 1.165) is 12.1 Å². The Bertz CT molecular complexity index is 2060. The van der Waals surface area contributed by atoms with Gasteiger partial charge in [-0.05, 0) is 74.7 Å². The summed E-state index contributed by atoms with van der Waals surface area (Å²) in [6.45, 7) is 6.52. The Kier molecular flexibility index (Phi) is 7.97. The summed E-state index contributed by atoms with van der Waals surface area (Å²) < 4.78 is 49.9. The fourth-order valence-electron chi connectivity index (χ4n) is 5.13. The molecular formula is C33H27F3N4O4. The molecule has 224 valence electrons. The lowest BCUT2D eigenvalue weighted by Crippen LogP contribution is -2.26. The minimum absolute atomic E-state index is 0.163. The van der Waals surface area contributed by atoms with Gasteiger partial charge in [0.25, 0.3) is 11.8 Å². The molecule has 44 heavy (non-hydrogen) atoms. The second-order valence-electron chi connectivity index (χ2n) is 10.3. The Labute approximate surface area is 249 Å². The largest absolute Gasteiger partial charge is 0.453 e. The molecule has 2 aromatic heterocycles. The van der Waals surface area contributed by atoms with Gasteiger partial charge in [-0.2, -0.15) is 0 Å². The molecule has 0 saturated carbocycles. The summed E-state index contributed by atoms with van der Waals surface area (Å²) in [7, 11) is 1.51. The van der Waals surface area contributed by atoms with Crippen LogP contribution in [0.25, 0.3) is 22.0 Å². The number of aryl methyl sites for hydroxylation is 4. The lowest BCUT2D eigenvalue weighted by molar-refractivity contribution is 0.0961. The average molecular weight is 601 g/mol. The van der Waals surface area contributed by atoms with Gasteiger partial charge < -0.3 is 20.4 Å². The zero-order valence-electron chi connectivity index (χ0n) is 24.4. The summed E-state index contributed by atoms with van der Waals surface area (Å²) >= 11 is 0. The SMILES string of the molecule is CNC(=O)c1cc2nccc(Oc3cc(F)c(NC(=O)c4c(C)[nH]c(C)c(-c5ccc(F)cc5C)c4=O)cc3F)c2cc1C. The van der Waals surface area contributed by atoms with E-state index in [1.54, 1.807) is 32.9 Å². The number of nitrogens with zero attached hydrogens (tertiary/aromatic N) is 1. The Morgan fingerprint density at radius 1 is 0.841 bits per heavy atom. The molecule has 0 unspecified atom stereocenters. The molecule has 0 atom stereocenters. The van der Waals surface area contributed by atoms with Crippen molar-refractivity contribution in [2.75, 3.05) is 12.4 Å². The number of rotatable bonds is 6. The standard InChI is InChI=1S/C33H27F3N4O4/c1-15-10-19(34)6-7-20(15)29-17(3)39-18(4)30(31(29)41)33(43)40-26-13-24(36)28(14-23(26)35)44-27-8-9-38-25-12-21(32(42)37-5)16(2)11-22(25)27/h6-14H,1-5H3,(H,37,42)(H,39,41)(H,40,43). The van der Waals surface area contributed by atoms with Gasteiger partial charge in [-0.25, -0.2) is 13.2 Å². The summed E-state index contributed by atoms with van der Waals surface area (Å²) in [5.41, 5.74) is 1.74. The number of anilines is 1. The van der Waals surface area contributed by atoms with Gasteiger partial charge >= 0.3 is 0 Å². The third-order valence-corrected chi connectivity index (χ3v) is 7.27. The smallest absolute Gasteiger partial charge is 0.261 e. The van der Waals surface area contributed by atoms with Crippen LogP contribution in [0.1, 0.15) is 43.2 Å². The first kappa shape index (κ1) is 30.0. The Morgan fingerprint density at radius 3 is 2.30 bits per heavy atom. The monoisotopic (exact) mass is 600 g/mol. The van der Waals surface area contributed by atoms with Crippen LogP contribution < -0.4 is 20.8 Å². The number of H-pyrrole nitrogens is 1. The zero-order valence-corrected chi connectivity index (χ0v) is 24.4. The molecule has 0 aliphatic rings. The minimum Gasteiger partial charge on any atom is -0.453 e. The van der Waals surface area contributed by atoms with Gasteiger partial charge in [0.15, 0.2) is 17.4 Å². The quantitative estimate of drug-likeness (QED) is 0.202. The van der Waals surface area contributed by atoms with Crippen molar-refractivity contribution in [3.8, 4) is 22.6 Å². The predicted molar refractivity (Wildman–Crippen MR) is 161 cm³/mol. The van der Waals surface area contributed by atoms with Gasteiger partial charge in [0.1, 0.15) is 17.1 Å². The highest BCUT2D eigenvalue weighted by molar-refractivity contribution is 6.06. The Morgan fingerprint density at radius 2 is 1.59 bits per heavy atom. The molecule has 5 aromatic rings. The molecule has 0 fully saturated rings. The molecule has 8 nitrogen and oxygen atoms in total. The van der Waals surface area contributed by atoms with Crippen molar-refractivity contribution in [1.29, 1.82) is 0 Å². The molecule has 3 N–H and O–H groups in total. The number of benzene rings is 3. The number of aromatic nitrogens is 2. The molecule has 0 spiro atoms. The van der Waals surface area contributed by atoms with Crippen molar-refractivity contribution in [2.24, 2.45) is 0 Å². The number of carbonyl (C=O) groups is 2. The van der Waals surface area contributed by atoms with Gasteiger partial charge in [0, 0.05) is 53.3 Å². The van der Waals surface area contributed by atoms with Crippen molar-refractivity contribution in [3.63, 3.8) is 0 Å². The number of fused-ring (bicyclic) bond motifs is 1. The van der Waals surface area contributed by atoms with Crippen LogP contribution in [0.5, 0.6) is 11.5 Å². The van der Waals surface area contributed by atoms with Crippen LogP contribution in [-0.4, -0.2) is 28.8 Å². The van der Waals surface area contributed by atoms with E-state index in [2.05, 4.69) is 20.6 Å². The fourth-order valence-corrected chi connectivity index (χ4v) is 5.13. The highest BCUT2D eigenvalue weighted by Gasteiger charge is 2.23. The first-order valence-corrected chi connectivity index (χ1v) is 13.5. The summed E-state index contributed by atoms with van der Waals surface area (Å²) in [6, 6.07) is 10.2. The lowest BCUT2D eigenvalue weighted by Gasteiger charge is -2.15. The maximum absolute atomic E-state index is 15.2. The summed E-state index contributed by atoms with van der Waals surface area (Å²) in [6.07, 6.45) is 1.41. The van der Waals surface area contributed by atoms with E-state index in [1.165, 1.54) is 44.4 Å². The molecule has 2 amide bonds. The second kappa shape index (κ2) is 11.7. The molecule has 0 aliphatic heterocycles. The molecule has 3 aromatic carbocycles. The van der Waals surface area contributed by atoms with Crippen molar-refractivity contribution >= 4 is 28.4 Å². The minimum atomic E-state index is -1.01. The number of pyridine rings is 2. The van der Waals surface area contributed by atoms with Gasteiger partial charge in [-0.15, -0.1) is 0 Å². The van der Waals surface area contributed by atoms with Gasteiger partial charge in [-0.3, -0.25) is 19.4 Å².